The average molecular weight is 162 g/mol. The van der Waals surface area contributed by atoms with Gasteiger partial charge in [0, 0.05) is 11.6 Å². The molecule has 0 saturated heterocycles. The van der Waals surface area contributed by atoms with E-state index in [0.29, 0.717) is 5.56 Å². The van der Waals surface area contributed by atoms with E-state index in [9.17, 15) is 4.79 Å². The van der Waals surface area contributed by atoms with Crippen LogP contribution in [0.5, 0.6) is 0 Å². The molecule has 2 heteroatoms. The van der Waals surface area contributed by atoms with Gasteiger partial charge in [-0.15, -0.1) is 0 Å². The minimum Gasteiger partial charge on any atom is -0.515 e. The highest BCUT2D eigenvalue weighted by molar-refractivity contribution is 6.04. The summed E-state index contributed by atoms with van der Waals surface area (Å²) in [5.41, 5.74) is 1.70. The standard InChI is InChI=1S/C10H10O2/c1-8-2-4-9(5-3-8)10(12)6-7-11/h2-7,11H,1H3. The van der Waals surface area contributed by atoms with Gasteiger partial charge in [0.2, 0.25) is 0 Å². The molecule has 0 bridgehead atoms. The summed E-state index contributed by atoms with van der Waals surface area (Å²) in [6, 6.07) is 7.19. The van der Waals surface area contributed by atoms with E-state index in [4.69, 9.17) is 5.11 Å². The van der Waals surface area contributed by atoms with E-state index in [0.717, 1.165) is 17.9 Å². The van der Waals surface area contributed by atoms with Gasteiger partial charge in [-0.3, -0.25) is 4.79 Å². The lowest BCUT2D eigenvalue weighted by Crippen LogP contribution is -1.93. The van der Waals surface area contributed by atoms with E-state index in [1.54, 1.807) is 12.1 Å². The third-order valence-corrected chi connectivity index (χ3v) is 1.56. The summed E-state index contributed by atoms with van der Waals surface area (Å²) in [6.45, 7) is 1.95. The lowest BCUT2D eigenvalue weighted by molar-refractivity contribution is 0.104. The van der Waals surface area contributed by atoms with Crippen LogP contribution in [-0.2, 0) is 0 Å². The van der Waals surface area contributed by atoms with Crippen LogP contribution >= 0.6 is 0 Å². The van der Waals surface area contributed by atoms with E-state index in [1.807, 2.05) is 19.1 Å². The van der Waals surface area contributed by atoms with Crippen LogP contribution in [0.1, 0.15) is 15.9 Å². The Bertz CT molecular complexity index is 296. The summed E-state index contributed by atoms with van der Waals surface area (Å²) in [7, 11) is 0. The van der Waals surface area contributed by atoms with Crippen molar-refractivity contribution in [3.8, 4) is 0 Å². The van der Waals surface area contributed by atoms with Crippen molar-refractivity contribution in [3.05, 3.63) is 47.7 Å². The quantitative estimate of drug-likeness (QED) is 0.411. The van der Waals surface area contributed by atoms with Crippen LogP contribution in [0.15, 0.2) is 36.6 Å². The number of aliphatic hydroxyl groups excluding tert-OH is 1. The second-order valence-corrected chi connectivity index (χ2v) is 2.55. The highest BCUT2D eigenvalue weighted by Crippen LogP contribution is 2.04. The molecule has 0 atom stereocenters. The van der Waals surface area contributed by atoms with E-state index < -0.39 is 0 Å². The third kappa shape index (κ3) is 1.95. The van der Waals surface area contributed by atoms with Crippen molar-refractivity contribution >= 4 is 5.78 Å². The smallest absolute Gasteiger partial charge is 0.188 e. The molecule has 0 unspecified atom stereocenters. The van der Waals surface area contributed by atoms with Gasteiger partial charge in [0.15, 0.2) is 5.78 Å². The van der Waals surface area contributed by atoms with Crippen LogP contribution in [-0.4, -0.2) is 10.9 Å². The predicted octanol–water partition coefficient (Wildman–Crippen LogP) is 2.25. The lowest BCUT2D eigenvalue weighted by Gasteiger charge is -1.95. The maximum atomic E-state index is 11.1. The molecule has 62 valence electrons. The number of carbonyl (C=O) groups excluding carboxylic acids is 1. The first-order valence-corrected chi connectivity index (χ1v) is 3.66. The number of rotatable bonds is 2. The van der Waals surface area contributed by atoms with Gasteiger partial charge in [0.1, 0.15) is 0 Å². The molecule has 0 aliphatic rings. The zero-order valence-electron chi connectivity index (χ0n) is 6.82. The number of benzene rings is 1. The van der Waals surface area contributed by atoms with Crippen molar-refractivity contribution in [1.82, 2.24) is 0 Å². The van der Waals surface area contributed by atoms with Gasteiger partial charge in [-0.25, -0.2) is 0 Å². The molecular weight excluding hydrogens is 152 g/mol. The van der Waals surface area contributed by atoms with Gasteiger partial charge < -0.3 is 5.11 Å². The summed E-state index contributed by atoms with van der Waals surface area (Å²) in [4.78, 5) is 11.1. The fourth-order valence-corrected chi connectivity index (χ4v) is 0.882. The molecule has 0 saturated carbocycles. The largest absolute Gasteiger partial charge is 0.515 e. The number of hydrogen-bond acceptors (Lipinski definition) is 2. The average Bonchev–Trinajstić information content (AvgIpc) is 2.06. The second kappa shape index (κ2) is 3.72. The Balaban J connectivity index is 2.90. The highest BCUT2D eigenvalue weighted by Gasteiger charge is 1.99. The maximum absolute atomic E-state index is 11.1. The Labute approximate surface area is 71.2 Å². The molecule has 2 nitrogen and oxygen atoms in total. The van der Waals surface area contributed by atoms with Crippen LogP contribution < -0.4 is 0 Å². The summed E-state index contributed by atoms with van der Waals surface area (Å²) in [5.74, 6) is -0.183. The number of hydrogen-bond donors (Lipinski definition) is 1. The monoisotopic (exact) mass is 162 g/mol. The van der Waals surface area contributed by atoms with E-state index in [1.165, 1.54) is 0 Å². The van der Waals surface area contributed by atoms with Crippen LogP contribution in [0.25, 0.3) is 0 Å². The molecule has 1 N–H and O–H groups in total. The molecule has 1 aromatic rings. The van der Waals surface area contributed by atoms with Crippen LogP contribution in [0, 0.1) is 6.92 Å². The lowest BCUT2D eigenvalue weighted by atomic mass is 10.1. The molecule has 0 fully saturated rings. The molecule has 0 amide bonds. The summed E-state index contributed by atoms with van der Waals surface area (Å²) in [5, 5.41) is 8.35. The SMILES string of the molecule is Cc1ccc(C(=O)C=CO)cc1. The first kappa shape index (κ1) is 8.53. The van der Waals surface area contributed by atoms with Crippen molar-refractivity contribution in [2.45, 2.75) is 6.92 Å². The molecule has 0 spiro atoms. The Morgan fingerprint density at radius 2 is 1.92 bits per heavy atom. The molecule has 0 heterocycles. The van der Waals surface area contributed by atoms with Crippen molar-refractivity contribution in [2.75, 3.05) is 0 Å². The number of aliphatic hydroxyl groups is 1. The van der Waals surface area contributed by atoms with Gasteiger partial charge in [0.25, 0.3) is 0 Å². The van der Waals surface area contributed by atoms with Crippen molar-refractivity contribution in [1.29, 1.82) is 0 Å². The Kier molecular flexibility index (Phi) is 2.64. The summed E-state index contributed by atoms with van der Waals surface area (Å²) >= 11 is 0. The van der Waals surface area contributed by atoms with Crippen LogP contribution in [0.3, 0.4) is 0 Å². The van der Waals surface area contributed by atoms with E-state index >= 15 is 0 Å². The third-order valence-electron chi connectivity index (χ3n) is 1.56. The molecule has 0 aliphatic heterocycles. The van der Waals surface area contributed by atoms with E-state index in [-0.39, 0.29) is 5.78 Å². The second-order valence-electron chi connectivity index (χ2n) is 2.55. The van der Waals surface area contributed by atoms with Crippen molar-refractivity contribution < 1.29 is 9.90 Å². The molecule has 1 rings (SSSR count). The zero-order valence-corrected chi connectivity index (χ0v) is 6.82. The van der Waals surface area contributed by atoms with E-state index in [2.05, 4.69) is 0 Å². The fourth-order valence-electron chi connectivity index (χ4n) is 0.882. The Morgan fingerprint density at radius 3 is 2.42 bits per heavy atom. The molecule has 0 radical (unpaired) electrons. The van der Waals surface area contributed by atoms with Gasteiger partial charge in [-0.1, -0.05) is 29.8 Å². The number of carbonyl (C=O) groups is 1. The summed E-state index contributed by atoms with van der Waals surface area (Å²) < 4.78 is 0. The van der Waals surface area contributed by atoms with Crippen molar-refractivity contribution in [2.24, 2.45) is 0 Å². The zero-order chi connectivity index (χ0) is 8.97. The van der Waals surface area contributed by atoms with Gasteiger partial charge in [-0.05, 0) is 6.92 Å². The van der Waals surface area contributed by atoms with Crippen LogP contribution in [0.4, 0.5) is 0 Å². The topological polar surface area (TPSA) is 37.3 Å². The van der Waals surface area contributed by atoms with Gasteiger partial charge in [0.05, 0.1) is 6.26 Å². The molecule has 0 aromatic heterocycles. The number of allylic oxidation sites excluding steroid dienone is 1. The number of aryl methyl sites for hydroxylation is 1. The fraction of sp³-hybridized carbons (Fsp3) is 0.100. The normalized spacial score (nSPS) is 10.4. The predicted molar refractivity (Wildman–Crippen MR) is 47.3 cm³/mol. The first-order valence-electron chi connectivity index (χ1n) is 3.66. The minimum atomic E-state index is -0.183. The minimum absolute atomic E-state index is 0.183. The summed E-state index contributed by atoms with van der Waals surface area (Å²) in [6.07, 6.45) is 1.88. The van der Waals surface area contributed by atoms with Crippen LogP contribution in [0.2, 0.25) is 0 Å². The number of ketones is 1. The molecule has 1 aromatic carbocycles. The Morgan fingerprint density at radius 1 is 1.33 bits per heavy atom. The van der Waals surface area contributed by atoms with Gasteiger partial charge in [-0.2, -0.15) is 0 Å². The van der Waals surface area contributed by atoms with Gasteiger partial charge >= 0.3 is 0 Å². The molecular formula is C10H10O2. The maximum Gasteiger partial charge on any atom is 0.188 e. The molecule has 0 aliphatic carbocycles. The van der Waals surface area contributed by atoms with Crippen molar-refractivity contribution in [3.63, 3.8) is 0 Å². The highest BCUT2D eigenvalue weighted by atomic mass is 16.2. The first-order chi connectivity index (χ1) is 5.74. The molecule has 12 heavy (non-hydrogen) atoms. The Hall–Kier alpha value is -1.57.